The lowest BCUT2D eigenvalue weighted by Gasteiger charge is -2.22. The summed E-state index contributed by atoms with van der Waals surface area (Å²) < 4.78 is 39.6. The van der Waals surface area contributed by atoms with Crippen LogP contribution < -0.4 is 9.47 Å². The minimum Gasteiger partial charge on any atom is -0.495 e. The Balaban J connectivity index is 2.00. The van der Waals surface area contributed by atoms with Crippen molar-refractivity contribution in [2.75, 3.05) is 27.3 Å². The Morgan fingerprint density at radius 3 is 2.72 bits per heavy atom. The Labute approximate surface area is 175 Å². The van der Waals surface area contributed by atoms with E-state index < -0.39 is 10.0 Å². The van der Waals surface area contributed by atoms with Crippen molar-refractivity contribution >= 4 is 32.5 Å². The van der Waals surface area contributed by atoms with E-state index in [4.69, 9.17) is 21.1 Å². The number of benzene rings is 2. The standard InChI is InChI=1S/C21H23ClN2O4S/c1-13-5-7-17(27-4)19(11-13)29(25,26)24-12-15(22)21-16(24)6-8-18-20(21)14(2)23(3)9-10-28-18/h5-8,11-12,14H,9-10H2,1-4H3. The molecule has 0 bridgehead atoms. The van der Waals surface area contributed by atoms with Gasteiger partial charge in [0.2, 0.25) is 0 Å². The molecule has 0 radical (unpaired) electrons. The zero-order valence-electron chi connectivity index (χ0n) is 16.8. The first kappa shape index (κ1) is 20.1. The van der Waals surface area contributed by atoms with Gasteiger partial charge in [0, 0.05) is 29.7 Å². The summed E-state index contributed by atoms with van der Waals surface area (Å²) in [7, 11) is -0.451. The third kappa shape index (κ3) is 3.17. The molecule has 1 aliphatic heterocycles. The van der Waals surface area contributed by atoms with Gasteiger partial charge in [0.15, 0.2) is 0 Å². The lowest BCUT2D eigenvalue weighted by molar-refractivity contribution is 0.229. The molecule has 2 heterocycles. The third-order valence-electron chi connectivity index (χ3n) is 5.53. The molecule has 0 saturated heterocycles. The number of nitrogens with zero attached hydrogens (tertiary/aromatic N) is 2. The topological polar surface area (TPSA) is 60.8 Å². The molecule has 1 aliphatic rings. The second-order valence-electron chi connectivity index (χ2n) is 7.31. The van der Waals surface area contributed by atoms with Crippen LogP contribution in [0.3, 0.4) is 0 Å². The van der Waals surface area contributed by atoms with Crippen LogP contribution in [0.25, 0.3) is 10.9 Å². The van der Waals surface area contributed by atoms with E-state index >= 15 is 0 Å². The van der Waals surface area contributed by atoms with Gasteiger partial charge in [0.05, 0.1) is 17.6 Å². The van der Waals surface area contributed by atoms with Crippen LogP contribution in [-0.2, 0) is 10.0 Å². The maximum Gasteiger partial charge on any atom is 0.271 e. The monoisotopic (exact) mass is 434 g/mol. The Morgan fingerprint density at radius 2 is 2.00 bits per heavy atom. The van der Waals surface area contributed by atoms with Gasteiger partial charge in [-0.3, -0.25) is 4.90 Å². The van der Waals surface area contributed by atoms with Crippen LogP contribution in [0, 0.1) is 6.92 Å². The second kappa shape index (κ2) is 7.23. The summed E-state index contributed by atoms with van der Waals surface area (Å²) in [6.07, 6.45) is 1.46. The first-order chi connectivity index (χ1) is 13.8. The zero-order chi connectivity index (χ0) is 20.9. The SMILES string of the molecule is COc1ccc(C)cc1S(=O)(=O)n1cc(Cl)c2c3c(ccc21)OCCN(C)C3C. The number of likely N-dealkylation sites (N-methyl/N-ethyl adjacent to an activating group) is 1. The molecule has 0 spiro atoms. The average molecular weight is 435 g/mol. The summed E-state index contributed by atoms with van der Waals surface area (Å²) in [6.45, 7) is 5.25. The van der Waals surface area contributed by atoms with Gasteiger partial charge in [-0.05, 0) is 50.7 Å². The quantitative estimate of drug-likeness (QED) is 0.617. The van der Waals surface area contributed by atoms with E-state index in [0.29, 0.717) is 28.3 Å². The van der Waals surface area contributed by atoms with Gasteiger partial charge in [0.25, 0.3) is 10.0 Å². The van der Waals surface area contributed by atoms with Crippen molar-refractivity contribution < 1.29 is 17.9 Å². The minimum atomic E-state index is -3.92. The highest BCUT2D eigenvalue weighted by Gasteiger charge is 2.29. The second-order valence-corrected chi connectivity index (χ2v) is 9.50. The van der Waals surface area contributed by atoms with Crippen LogP contribution >= 0.6 is 11.6 Å². The van der Waals surface area contributed by atoms with Gasteiger partial charge >= 0.3 is 0 Å². The van der Waals surface area contributed by atoms with Crippen LogP contribution in [0.1, 0.15) is 24.1 Å². The number of fused-ring (bicyclic) bond motifs is 3. The van der Waals surface area contributed by atoms with Gasteiger partial charge in [-0.15, -0.1) is 0 Å². The molecule has 1 unspecified atom stereocenters. The summed E-state index contributed by atoms with van der Waals surface area (Å²) in [6, 6.07) is 8.68. The molecular weight excluding hydrogens is 412 g/mol. The highest BCUT2D eigenvalue weighted by molar-refractivity contribution is 7.90. The Kier molecular flexibility index (Phi) is 5.01. The first-order valence-corrected chi connectivity index (χ1v) is 11.1. The van der Waals surface area contributed by atoms with Crippen LogP contribution in [0.2, 0.25) is 5.02 Å². The smallest absolute Gasteiger partial charge is 0.271 e. The summed E-state index contributed by atoms with van der Waals surface area (Å²) in [4.78, 5) is 2.27. The van der Waals surface area contributed by atoms with E-state index in [9.17, 15) is 8.42 Å². The van der Waals surface area contributed by atoms with E-state index in [0.717, 1.165) is 23.4 Å². The summed E-state index contributed by atoms with van der Waals surface area (Å²) in [5.41, 5.74) is 2.24. The van der Waals surface area contributed by atoms with Crippen LogP contribution in [-0.4, -0.2) is 44.6 Å². The maximum absolute atomic E-state index is 13.6. The number of ether oxygens (including phenoxy) is 2. The molecule has 8 heteroatoms. The van der Waals surface area contributed by atoms with Crippen LogP contribution in [0.5, 0.6) is 11.5 Å². The van der Waals surface area contributed by atoms with E-state index in [1.807, 2.05) is 26.1 Å². The molecule has 0 amide bonds. The zero-order valence-corrected chi connectivity index (χ0v) is 18.3. The highest BCUT2D eigenvalue weighted by Crippen LogP contribution is 2.42. The molecular formula is C21H23ClN2O4S. The van der Waals surface area contributed by atoms with Crippen molar-refractivity contribution in [3.05, 3.63) is 52.7 Å². The van der Waals surface area contributed by atoms with Crippen LogP contribution in [0.15, 0.2) is 41.4 Å². The molecule has 0 aliphatic carbocycles. The maximum atomic E-state index is 13.6. The Morgan fingerprint density at radius 1 is 1.24 bits per heavy atom. The molecule has 4 rings (SSSR count). The molecule has 1 aromatic heterocycles. The summed E-state index contributed by atoms with van der Waals surface area (Å²) in [5.74, 6) is 1.03. The Hall–Kier alpha value is -2.22. The number of aromatic nitrogens is 1. The number of rotatable bonds is 3. The van der Waals surface area contributed by atoms with Crippen molar-refractivity contribution in [1.82, 2.24) is 8.87 Å². The molecule has 0 N–H and O–H groups in total. The Bertz CT molecular complexity index is 1200. The van der Waals surface area contributed by atoms with Gasteiger partial charge in [0.1, 0.15) is 23.0 Å². The van der Waals surface area contributed by atoms with E-state index in [2.05, 4.69) is 11.8 Å². The van der Waals surface area contributed by atoms with Crippen molar-refractivity contribution in [3.63, 3.8) is 0 Å². The highest BCUT2D eigenvalue weighted by atomic mass is 35.5. The van der Waals surface area contributed by atoms with E-state index in [1.165, 1.54) is 17.3 Å². The fourth-order valence-corrected chi connectivity index (χ4v) is 5.77. The fraction of sp³-hybridized carbons (Fsp3) is 0.333. The molecule has 154 valence electrons. The fourth-order valence-electron chi connectivity index (χ4n) is 3.81. The molecule has 6 nitrogen and oxygen atoms in total. The van der Waals surface area contributed by atoms with E-state index in [1.54, 1.807) is 18.2 Å². The third-order valence-corrected chi connectivity index (χ3v) is 7.51. The molecule has 2 aromatic carbocycles. The normalized spacial score (nSPS) is 17.6. The van der Waals surface area contributed by atoms with Crippen molar-refractivity contribution in [3.8, 4) is 11.5 Å². The summed E-state index contributed by atoms with van der Waals surface area (Å²) >= 11 is 6.59. The minimum absolute atomic E-state index is 0.0285. The van der Waals surface area contributed by atoms with Gasteiger partial charge in [-0.1, -0.05) is 17.7 Å². The number of hydrogen-bond acceptors (Lipinski definition) is 5. The van der Waals surface area contributed by atoms with Gasteiger partial charge < -0.3 is 9.47 Å². The molecule has 3 aromatic rings. The molecule has 0 saturated carbocycles. The largest absolute Gasteiger partial charge is 0.495 e. The predicted molar refractivity (Wildman–Crippen MR) is 114 cm³/mol. The molecule has 0 fully saturated rings. The van der Waals surface area contributed by atoms with Gasteiger partial charge in [-0.25, -0.2) is 12.4 Å². The van der Waals surface area contributed by atoms with Crippen LogP contribution in [0.4, 0.5) is 0 Å². The molecule has 29 heavy (non-hydrogen) atoms. The first-order valence-electron chi connectivity index (χ1n) is 9.32. The lowest BCUT2D eigenvalue weighted by Crippen LogP contribution is -2.24. The number of halogens is 1. The van der Waals surface area contributed by atoms with E-state index in [-0.39, 0.29) is 10.9 Å². The van der Waals surface area contributed by atoms with Gasteiger partial charge in [-0.2, -0.15) is 0 Å². The number of aryl methyl sites for hydroxylation is 1. The summed E-state index contributed by atoms with van der Waals surface area (Å²) in [5, 5.41) is 1.07. The predicted octanol–water partition coefficient (Wildman–Crippen LogP) is 4.23. The van der Waals surface area contributed by atoms with Crippen molar-refractivity contribution in [2.45, 2.75) is 24.8 Å². The number of hydrogen-bond donors (Lipinski definition) is 0. The van der Waals surface area contributed by atoms with Crippen molar-refractivity contribution in [2.24, 2.45) is 0 Å². The van der Waals surface area contributed by atoms with Crippen molar-refractivity contribution in [1.29, 1.82) is 0 Å². The molecule has 1 atom stereocenters. The lowest BCUT2D eigenvalue weighted by atomic mass is 10.0. The number of methoxy groups -OCH3 is 1. The average Bonchev–Trinajstić information content (AvgIpc) is 2.97.